The molecule has 35 nitrogen and oxygen atoms in total. The molecule has 0 aliphatic carbocycles. The van der Waals surface area contributed by atoms with Crippen LogP contribution in [0.15, 0.2) is 255 Å². The van der Waals surface area contributed by atoms with Gasteiger partial charge in [0.1, 0.15) is 57.6 Å². The number of carbonyl (C=O) groups excluding carboxylic acids is 4. The van der Waals surface area contributed by atoms with Gasteiger partial charge in [-0.15, -0.1) is 0 Å². The summed E-state index contributed by atoms with van der Waals surface area (Å²) in [5.74, 6) is -3.84. The maximum absolute atomic E-state index is 12.7. The smallest absolute Gasteiger partial charge is 0.354 e. The van der Waals surface area contributed by atoms with Crippen LogP contribution >= 0.6 is 0 Å². The Bertz CT molecular complexity index is 5820. The third-order valence-corrected chi connectivity index (χ3v) is 16.8. The van der Waals surface area contributed by atoms with Gasteiger partial charge in [-0.2, -0.15) is 0 Å². The fourth-order valence-corrected chi connectivity index (χ4v) is 10.9. The standard InChI is InChI=1S/C23H19N5O2.C15H15N3O4.C15H17N3O2.C8H6N2O2.C8H11NO.2C7H5FN2O3/c29-23-19-14-18(30-12-2-3-16-7-9-24-10-8-16)5-6-20(19)26-22(27-23)21-13-17-4-1-11-28(17)15-25-21;16-15(19)13-10-12(3-4-14(13)18(20)21)22-9-1-2-11-5-7-17-8-6-11;16-14-4-3-12(10-13(14)15(17)19)20-9-1-2-11-5-7-18-8-6-11;11-8(12)7-4-6-2-1-3-10(6)5-9-7;10-7-1-2-8-3-5-9-6-4-8;2*8-4-1-2-6(10(12)13)5(3-4)7(9)11/h1,4-11,13-15H,2-3,12H2,(H,26,27,29);3-8,10H,1-2,9H2,(H2,16,19);3-8,10H,1-2,9,16H2,(H2,17,19);1-5H,(H,11,12);3-6,10H,1-2,7H2;2*1-3H,(H2,9,11). The van der Waals surface area contributed by atoms with Gasteiger partial charge in [0.15, 0.2) is 11.5 Å². The largest absolute Gasteiger partial charge is 0.494 e. The molecule has 0 fully saturated rings. The van der Waals surface area contributed by atoms with E-state index in [0.29, 0.717) is 65.2 Å². The number of aryl methyl sites for hydroxylation is 4. The summed E-state index contributed by atoms with van der Waals surface area (Å²) in [4.78, 5) is 127. The number of carboxylic acids is 1. The van der Waals surface area contributed by atoms with Crippen molar-refractivity contribution in [3.63, 3.8) is 0 Å². The maximum atomic E-state index is 12.7. The third-order valence-electron chi connectivity index (χ3n) is 16.8. The highest BCUT2D eigenvalue weighted by Gasteiger charge is 2.22. The molecule has 13 N–H and O–H groups in total. The average Bonchev–Trinajstić information content (AvgIpc) is 0.910. The zero-order valence-electron chi connectivity index (χ0n) is 63.7. The van der Waals surface area contributed by atoms with E-state index < -0.39 is 78.5 Å². The number of pyridine rings is 4. The number of ether oxygens (including phenoxy) is 3. The topological polar surface area (TPSA) is 545 Å². The molecule has 0 aliphatic rings. The lowest BCUT2D eigenvalue weighted by molar-refractivity contribution is -0.385. The monoisotopic (exact) mass is 1640 g/mol. The quantitative estimate of drug-likeness (QED) is 0.0103. The van der Waals surface area contributed by atoms with Gasteiger partial charge < -0.3 is 66.9 Å². The molecule has 0 radical (unpaired) electrons. The molecule has 9 aromatic heterocycles. The summed E-state index contributed by atoms with van der Waals surface area (Å²) >= 11 is 0. The molecule has 37 heteroatoms. The number of benzene rings is 5. The molecule has 0 saturated carbocycles. The number of nitrogens with one attached hydrogen (secondary N) is 1. The van der Waals surface area contributed by atoms with Gasteiger partial charge in [0.25, 0.3) is 46.3 Å². The van der Waals surface area contributed by atoms with E-state index in [1.165, 1.54) is 47.3 Å². The number of carboxylic acid groups (broad SMARTS) is 1. The van der Waals surface area contributed by atoms with Crippen LogP contribution in [0.3, 0.4) is 0 Å². The van der Waals surface area contributed by atoms with Gasteiger partial charge in [0.2, 0.25) is 0 Å². The van der Waals surface area contributed by atoms with E-state index in [-0.39, 0.29) is 34.7 Å². The van der Waals surface area contributed by atoms with Gasteiger partial charge in [-0.05, 0) is 231 Å². The predicted octanol–water partition coefficient (Wildman–Crippen LogP) is 11.2. The second-order valence-corrected chi connectivity index (χ2v) is 25.2. The lowest BCUT2D eigenvalue weighted by atomic mass is 10.1. The molecule has 5 aromatic carbocycles. The summed E-state index contributed by atoms with van der Waals surface area (Å²) in [6.07, 6.45) is 28.0. The molecule has 0 atom stereocenters. The number of amides is 4. The van der Waals surface area contributed by atoms with Gasteiger partial charge >= 0.3 is 5.97 Å². The Morgan fingerprint density at radius 2 is 0.833 bits per heavy atom. The summed E-state index contributed by atoms with van der Waals surface area (Å²) in [5, 5.41) is 49.0. The van der Waals surface area contributed by atoms with Gasteiger partial charge in [0.05, 0.1) is 57.4 Å². The molecular formula is C83H78F2N18O17. The molecule has 616 valence electrons. The number of rotatable bonds is 27. The molecule has 4 amide bonds. The number of halogens is 2. The number of hydrogen-bond acceptors (Lipinski definition) is 24. The minimum Gasteiger partial charge on any atom is -0.494 e. The van der Waals surface area contributed by atoms with Gasteiger partial charge in [-0.1, -0.05) is 0 Å². The number of nitrogens with zero attached hydrogens (tertiary/aromatic N) is 12. The normalized spacial score (nSPS) is 10.3. The Hall–Kier alpha value is -16.2. The number of aliphatic hydroxyl groups is 1. The summed E-state index contributed by atoms with van der Waals surface area (Å²) < 4.78 is 45.7. The highest BCUT2D eigenvalue weighted by Crippen LogP contribution is 2.27. The van der Waals surface area contributed by atoms with Crippen molar-refractivity contribution in [1.29, 1.82) is 0 Å². The Morgan fingerprint density at radius 1 is 0.458 bits per heavy atom. The van der Waals surface area contributed by atoms with Crippen LogP contribution in [0.5, 0.6) is 17.2 Å². The first-order chi connectivity index (χ1) is 57.7. The van der Waals surface area contributed by atoms with Crippen molar-refractivity contribution in [3.8, 4) is 28.8 Å². The molecular weight excluding hydrogens is 1560 g/mol. The van der Waals surface area contributed by atoms with Crippen molar-refractivity contribution < 1.29 is 71.9 Å². The Morgan fingerprint density at radius 3 is 1.25 bits per heavy atom. The average molecular weight is 1640 g/mol. The van der Waals surface area contributed by atoms with Crippen molar-refractivity contribution >= 4 is 74.3 Å². The number of hydrogen-bond donors (Lipinski definition) is 8. The second-order valence-electron chi connectivity index (χ2n) is 25.2. The van der Waals surface area contributed by atoms with E-state index in [1.807, 2.05) is 108 Å². The molecule has 0 aliphatic heterocycles. The molecule has 0 spiro atoms. The number of aliphatic hydroxyl groups excluding tert-OH is 1. The summed E-state index contributed by atoms with van der Waals surface area (Å²) in [7, 11) is 0. The summed E-state index contributed by atoms with van der Waals surface area (Å²) in [6.45, 7) is 1.82. The SMILES string of the molecule is NC(=O)c1cc(F)ccc1[N+](=O)[O-].NC(=O)c1cc(F)ccc1[N+](=O)[O-].NC(=O)c1cc(OCCCc2ccncc2)ccc1N.NC(=O)c1cc(OCCCc2ccncc2)ccc1[N+](=O)[O-].O=C(O)c1cc2cccn2cn1.O=c1[nH]c(-c2cc3cccn3cn2)nc2ccc(OCCCc3ccncc3)cc12.OCCCc1ccncc1. The zero-order chi connectivity index (χ0) is 86.5. The second kappa shape index (κ2) is 45.6. The maximum Gasteiger partial charge on any atom is 0.354 e. The molecule has 0 bridgehead atoms. The van der Waals surface area contributed by atoms with Crippen LogP contribution < -0.4 is 48.4 Å². The number of nitrogens with two attached hydrogens (primary N) is 5. The Balaban J connectivity index is 0.000000180. The van der Waals surface area contributed by atoms with E-state index in [0.717, 1.165) is 104 Å². The van der Waals surface area contributed by atoms with Gasteiger partial charge in [-0.25, -0.2) is 28.5 Å². The number of carbonyl (C=O) groups is 5. The van der Waals surface area contributed by atoms with Crippen LogP contribution in [-0.2, 0) is 25.7 Å². The molecule has 14 aromatic rings. The zero-order valence-corrected chi connectivity index (χ0v) is 63.7. The number of primary amides is 4. The molecule has 0 unspecified atom stereocenters. The number of aromatic carboxylic acids is 1. The van der Waals surface area contributed by atoms with E-state index >= 15 is 0 Å². The number of nitrogen functional groups attached to an aromatic ring is 1. The van der Waals surface area contributed by atoms with Gasteiger partial charge in [0, 0.05) is 103 Å². The van der Waals surface area contributed by atoms with E-state index in [4.69, 9.17) is 53.1 Å². The number of nitro benzene ring substituents is 3. The minimum atomic E-state index is -1.02. The lowest BCUT2D eigenvalue weighted by Crippen LogP contribution is -2.13. The molecule has 120 heavy (non-hydrogen) atoms. The Kier molecular flexibility index (Phi) is 34.0. The fraction of sp³-hybridized carbons (Fsp3) is 0.145. The number of fused-ring (bicyclic) bond motifs is 3. The van der Waals surface area contributed by atoms with Crippen LogP contribution in [0.1, 0.15) is 99.9 Å². The minimum absolute atomic E-state index is 0.0706. The van der Waals surface area contributed by atoms with Crippen LogP contribution in [0.2, 0.25) is 0 Å². The fourth-order valence-electron chi connectivity index (χ4n) is 10.9. The Labute approximate surface area is 680 Å². The molecule has 14 rings (SSSR count). The van der Waals surface area contributed by atoms with E-state index in [2.05, 4.69) is 39.9 Å². The van der Waals surface area contributed by atoms with Crippen molar-refractivity contribution in [2.24, 2.45) is 22.9 Å². The number of aromatic nitrogens is 10. The van der Waals surface area contributed by atoms with Crippen molar-refractivity contribution in [2.45, 2.75) is 51.4 Å². The van der Waals surface area contributed by atoms with Crippen molar-refractivity contribution in [2.75, 3.05) is 32.2 Å². The van der Waals surface area contributed by atoms with Crippen molar-refractivity contribution in [3.05, 3.63) is 353 Å². The highest BCUT2D eigenvalue weighted by atomic mass is 19.1. The van der Waals surface area contributed by atoms with Crippen LogP contribution in [0.4, 0.5) is 31.5 Å². The molecule has 0 saturated heterocycles. The van der Waals surface area contributed by atoms with E-state index in [9.17, 15) is 67.9 Å². The number of aromatic amines is 1. The highest BCUT2D eigenvalue weighted by molar-refractivity contribution is 5.99. The van der Waals surface area contributed by atoms with Crippen LogP contribution in [0, 0.1) is 42.0 Å². The predicted molar refractivity (Wildman–Crippen MR) is 437 cm³/mol. The van der Waals surface area contributed by atoms with Crippen LogP contribution in [0.25, 0.3) is 33.5 Å². The third kappa shape index (κ3) is 28.1. The lowest BCUT2D eigenvalue weighted by Gasteiger charge is -2.08. The first kappa shape index (κ1) is 89.3. The number of anilines is 1. The number of nitro groups is 3. The van der Waals surface area contributed by atoms with E-state index in [1.54, 1.807) is 84.6 Å². The summed E-state index contributed by atoms with van der Waals surface area (Å²) in [5.41, 5.74) is 31.7. The van der Waals surface area contributed by atoms with Crippen LogP contribution in [-0.4, -0.2) is 130 Å². The molecule has 9 heterocycles. The summed E-state index contributed by atoms with van der Waals surface area (Å²) in [6, 6.07) is 46.1. The van der Waals surface area contributed by atoms with Gasteiger partial charge in [-0.3, -0.25) is 74.3 Å². The van der Waals surface area contributed by atoms with Crippen molar-refractivity contribution in [1.82, 2.24) is 48.7 Å². The number of H-pyrrole nitrogens is 1. The first-order valence-corrected chi connectivity index (χ1v) is 36.2. The first-order valence-electron chi connectivity index (χ1n) is 36.2.